The van der Waals surface area contributed by atoms with E-state index in [1.807, 2.05) is 0 Å². The van der Waals surface area contributed by atoms with Crippen molar-refractivity contribution in [2.45, 2.75) is 16.4 Å². The van der Waals surface area contributed by atoms with E-state index in [-0.39, 0.29) is 12.2 Å². The molecule has 4 nitrogen and oxygen atoms in total. The van der Waals surface area contributed by atoms with Gasteiger partial charge in [-0.05, 0) is 22.6 Å². The second kappa shape index (κ2) is 5.54. The summed E-state index contributed by atoms with van der Waals surface area (Å²) in [6.45, 7) is 0. The predicted molar refractivity (Wildman–Crippen MR) is 73.0 cm³/mol. The summed E-state index contributed by atoms with van der Waals surface area (Å²) in [4.78, 5) is 10.5. The van der Waals surface area contributed by atoms with Crippen molar-refractivity contribution in [1.82, 2.24) is 0 Å². The number of benzene rings is 1. The third kappa shape index (κ3) is 3.65. The Morgan fingerprint density at radius 3 is 2.26 bits per heavy atom. The molecule has 0 unspecified atom stereocenters. The molecule has 0 atom stereocenters. The van der Waals surface area contributed by atoms with Gasteiger partial charge in [-0.3, -0.25) is 4.79 Å². The number of rotatable bonds is 5. The predicted octanol–water partition coefficient (Wildman–Crippen LogP) is 2.35. The van der Waals surface area contributed by atoms with Gasteiger partial charge in [0.25, 0.3) is 0 Å². The van der Waals surface area contributed by atoms with Gasteiger partial charge < -0.3 is 5.11 Å². The molecule has 0 aliphatic rings. The molecule has 0 aliphatic heterocycles. The highest BCUT2D eigenvalue weighted by atomic mass is 32.2. The first-order valence-corrected chi connectivity index (χ1v) is 8.06. The SMILES string of the molecule is O=C(O)Cc1ccc(CS(=O)(=O)c2cccs2)cc1. The number of hydrogen-bond donors (Lipinski definition) is 1. The Morgan fingerprint density at radius 2 is 1.74 bits per heavy atom. The van der Waals surface area contributed by atoms with Crippen LogP contribution in [0.3, 0.4) is 0 Å². The molecular weight excluding hydrogens is 284 g/mol. The number of thiophene rings is 1. The number of hydrogen-bond acceptors (Lipinski definition) is 4. The van der Waals surface area contributed by atoms with Crippen LogP contribution in [-0.2, 0) is 26.8 Å². The molecule has 2 rings (SSSR count). The Kier molecular flexibility index (Phi) is 4.01. The average molecular weight is 296 g/mol. The smallest absolute Gasteiger partial charge is 0.307 e. The van der Waals surface area contributed by atoms with Gasteiger partial charge >= 0.3 is 5.97 Å². The van der Waals surface area contributed by atoms with Gasteiger partial charge in [-0.25, -0.2) is 8.42 Å². The second-order valence-electron chi connectivity index (χ2n) is 4.08. The van der Waals surface area contributed by atoms with E-state index in [0.29, 0.717) is 15.3 Å². The summed E-state index contributed by atoms with van der Waals surface area (Å²) >= 11 is 1.20. The molecule has 0 bridgehead atoms. The van der Waals surface area contributed by atoms with Crippen molar-refractivity contribution in [2.75, 3.05) is 0 Å². The van der Waals surface area contributed by atoms with Crippen molar-refractivity contribution >= 4 is 27.1 Å². The van der Waals surface area contributed by atoms with Gasteiger partial charge in [-0.15, -0.1) is 11.3 Å². The first-order chi connectivity index (χ1) is 8.97. The monoisotopic (exact) mass is 296 g/mol. The third-order valence-electron chi connectivity index (χ3n) is 2.54. The number of carbonyl (C=O) groups is 1. The van der Waals surface area contributed by atoms with Crippen molar-refractivity contribution < 1.29 is 18.3 Å². The van der Waals surface area contributed by atoms with E-state index in [1.54, 1.807) is 41.8 Å². The van der Waals surface area contributed by atoms with Gasteiger partial charge in [0, 0.05) is 0 Å². The third-order valence-corrected chi connectivity index (χ3v) is 5.71. The lowest BCUT2D eigenvalue weighted by atomic mass is 10.1. The molecule has 6 heteroatoms. The quantitative estimate of drug-likeness (QED) is 0.919. The summed E-state index contributed by atoms with van der Waals surface area (Å²) in [6.07, 6.45) is -0.0576. The van der Waals surface area contributed by atoms with Crippen molar-refractivity contribution in [3.05, 3.63) is 52.9 Å². The molecule has 2 aromatic rings. The molecule has 1 heterocycles. The summed E-state index contributed by atoms with van der Waals surface area (Å²) in [5.74, 6) is -0.972. The first kappa shape index (κ1) is 13.8. The molecule has 1 N–H and O–H groups in total. The molecule has 0 saturated heterocycles. The van der Waals surface area contributed by atoms with Crippen LogP contribution in [-0.4, -0.2) is 19.5 Å². The number of sulfone groups is 1. The Labute approximate surface area is 115 Å². The number of aliphatic carboxylic acids is 1. The first-order valence-electron chi connectivity index (χ1n) is 5.53. The minimum Gasteiger partial charge on any atom is -0.481 e. The Bertz CT molecular complexity index is 655. The average Bonchev–Trinajstić information content (AvgIpc) is 2.85. The van der Waals surface area contributed by atoms with Gasteiger partial charge in [0.1, 0.15) is 4.21 Å². The highest BCUT2D eigenvalue weighted by Gasteiger charge is 2.16. The van der Waals surface area contributed by atoms with Gasteiger partial charge in [-0.1, -0.05) is 30.3 Å². The Hall–Kier alpha value is -1.66. The van der Waals surface area contributed by atoms with E-state index in [4.69, 9.17) is 5.11 Å². The number of carboxylic acids is 1. The van der Waals surface area contributed by atoms with E-state index in [0.717, 1.165) is 0 Å². The summed E-state index contributed by atoms with van der Waals surface area (Å²) in [6, 6.07) is 9.89. The van der Waals surface area contributed by atoms with Crippen LogP contribution in [0, 0.1) is 0 Å². The van der Waals surface area contributed by atoms with Crippen LogP contribution < -0.4 is 0 Å². The molecule has 19 heavy (non-hydrogen) atoms. The van der Waals surface area contributed by atoms with Crippen LogP contribution in [0.1, 0.15) is 11.1 Å². The lowest BCUT2D eigenvalue weighted by molar-refractivity contribution is -0.136. The summed E-state index contributed by atoms with van der Waals surface area (Å²) in [7, 11) is -3.30. The van der Waals surface area contributed by atoms with Crippen LogP contribution in [0.5, 0.6) is 0 Å². The highest BCUT2D eigenvalue weighted by molar-refractivity contribution is 7.92. The van der Waals surface area contributed by atoms with Gasteiger partial charge in [0.2, 0.25) is 0 Å². The summed E-state index contributed by atoms with van der Waals surface area (Å²) in [5, 5.41) is 10.4. The fourth-order valence-corrected chi connectivity index (χ4v) is 4.10. The maximum absolute atomic E-state index is 12.0. The second-order valence-corrected chi connectivity index (χ2v) is 7.24. The molecule has 100 valence electrons. The molecular formula is C13H12O4S2. The molecule has 0 saturated carbocycles. The highest BCUT2D eigenvalue weighted by Crippen LogP contribution is 2.21. The maximum Gasteiger partial charge on any atom is 0.307 e. The lowest BCUT2D eigenvalue weighted by Crippen LogP contribution is -2.04. The Morgan fingerprint density at radius 1 is 1.11 bits per heavy atom. The van der Waals surface area contributed by atoms with E-state index in [1.165, 1.54) is 11.3 Å². The van der Waals surface area contributed by atoms with Crippen molar-refractivity contribution in [1.29, 1.82) is 0 Å². The minimum atomic E-state index is -3.30. The normalized spacial score (nSPS) is 11.4. The molecule has 0 fully saturated rings. The standard InChI is InChI=1S/C13H12O4S2/c14-12(15)8-10-3-5-11(6-4-10)9-19(16,17)13-2-1-7-18-13/h1-7H,8-9H2,(H,14,15). The minimum absolute atomic E-state index is 0.0576. The van der Waals surface area contributed by atoms with Crippen LogP contribution >= 0.6 is 11.3 Å². The van der Waals surface area contributed by atoms with Crippen LogP contribution in [0.15, 0.2) is 46.0 Å². The zero-order valence-corrected chi connectivity index (χ0v) is 11.6. The van der Waals surface area contributed by atoms with Gasteiger partial charge in [-0.2, -0.15) is 0 Å². The summed E-state index contributed by atoms with van der Waals surface area (Å²) in [5.41, 5.74) is 1.31. The van der Waals surface area contributed by atoms with Crippen molar-refractivity contribution in [3.8, 4) is 0 Å². The van der Waals surface area contributed by atoms with Gasteiger partial charge in [0.05, 0.1) is 12.2 Å². The zero-order valence-electron chi connectivity index (χ0n) is 9.94. The lowest BCUT2D eigenvalue weighted by Gasteiger charge is -2.03. The molecule has 0 radical (unpaired) electrons. The van der Waals surface area contributed by atoms with Gasteiger partial charge in [0.15, 0.2) is 9.84 Å². The molecule has 0 spiro atoms. The van der Waals surface area contributed by atoms with Crippen LogP contribution in [0.4, 0.5) is 0 Å². The molecule has 0 amide bonds. The fraction of sp³-hybridized carbons (Fsp3) is 0.154. The fourth-order valence-electron chi connectivity index (χ4n) is 1.66. The van der Waals surface area contributed by atoms with Crippen LogP contribution in [0.2, 0.25) is 0 Å². The van der Waals surface area contributed by atoms with Crippen molar-refractivity contribution in [2.24, 2.45) is 0 Å². The largest absolute Gasteiger partial charge is 0.481 e. The maximum atomic E-state index is 12.0. The van der Waals surface area contributed by atoms with E-state index >= 15 is 0 Å². The van der Waals surface area contributed by atoms with Crippen LogP contribution in [0.25, 0.3) is 0 Å². The molecule has 1 aromatic heterocycles. The summed E-state index contributed by atoms with van der Waals surface area (Å²) < 4.78 is 24.4. The topological polar surface area (TPSA) is 71.4 Å². The Balaban J connectivity index is 2.14. The number of carboxylic acid groups (broad SMARTS) is 1. The van der Waals surface area contributed by atoms with E-state index < -0.39 is 15.8 Å². The zero-order chi connectivity index (χ0) is 13.9. The van der Waals surface area contributed by atoms with E-state index in [9.17, 15) is 13.2 Å². The van der Waals surface area contributed by atoms with Crippen molar-refractivity contribution in [3.63, 3.8) is 0 Å². The molecule has 1 aromatic carbocycles. The molecule has 0 aliphatic carbocycles. The van der Waals surface area contributed by atoms with E-state index in [2.05, 4.69) is 0 Å².